The maximum Gasteiger partial charge on any atom is 0.357 e. The van der Waals surface area contributed by atoms with Gasteiger partial charge in [-0.05, 0) is 48.6 Å². The van der Waals surface area contributed by atoms with Gasteiger partial charge in [0.15, 0.2) is 5.69 Å². The average Bonchev–Trinajstić information content (AvgIpc) is 3.10. The van der Waals surface area contributed by atoms with Crippen LogP contribution in [0.2, 0.25) is 0 Å². The summed E-state index contributed by atoms with van der Waals surface area (Å²) >= 11 is 0. The van der Waals surface area contributed by atoms with Crippen LogP contribution in [0.25, 0.3) is 10.9 Å². The lowest BCUT2D eigenvalue weighted by Gasteiger charge is -2.34. The third-order valence-electron chi connectivity index (χ3n) is 5.12. The monoisotopic (exact) mass is 365 g/mol. The minimum absolute atomic E-state index is 0.0953. The Kier molecular flexibility index (Phi) is 4.16. The van der Waals surface area contributed by atoms with Crippen molar-refractivity contribution in [2.45, 2.75) is 24.9 Å². The molecule has 0 saturated heterocycles. The van der Waals surface area contributed by atoms with E-state index in [4.69, 9.17) is 0 Å². The molecule has 4 rings (SSSR count). The molecule has 1 aromatic heterocycles. The number of hydrogen-bond donors (Lipinski definition) is 4. The lowest BCUT2D eigenvalue weighted by atomic mass is 9.79. The molecular formula is C20H19N3O4. The van der Waals surface area contributed by atoms with Gasteiger partial charge in [0, 0.05) is 10.9 Å². The van der Waals surface area contributed by atoms with Gasteiger partial charge in [-0.3, -0.25) is 9.89 Å². The molecule has 138 valence electrons. The topological polar surface area (TPSA) is 115 Å². The number of aromatic carboxylic acids is 1. The van der Waals surface area contributed by atoms with Crippen LogP contribution in [0.1, 0.15) is 44.8 Å². The van der Waals surface area contributed by atoms with Gasteiger partial charge in [-0.2, -0.15) is 5.10 Å². The molecule has 7 heteroatoms. The fourth-order valence-electron chi connectivity index (χ4n) is 3.73. The number of nitrogens with zero attached hydrogens (tertiary/aromatic N) is 1. The number of carbonyl (C=O) groups is 2. The predicted molar refractivity (Wildman–Crippen MR) is 98.7 cm³/mol. The van der Waals surface area contributed by atoms with E-state index in [1.54, 1.807) is 12.1 Å². The molecule has 0 saturated carbocycles. The van der Waals surface area contributed by atoms with E-state index in [0.717, 1.165) is 24.0 Å². The van der Waals surface area contributed by atoms with Crippen molar-refractivity contribution in [1.82, 2.24) is 15.5 Å². The van der Waals surface area contributed by atoms with Crippen molar-refractivity contribution < 1.29 is 19.8 Å². The number of aliphatic hydroxyl groups is 1. The fourth-order valence-corrected chi connectivity index (χ4v) is 3.73. The van der Waals surface area contributed by atoms with Gasteiger partial charge < -0.3 is 15.5 Å². The second-order valence-electron chi connectivity index (χ2n) is 6.86. The number of benzene rings is 2. The molecule has 0 radical (unpaired) electrons. The van der Waals surface area contributed by atoms with Gasteiger partial charge in [-0.15, -0.1) is 0 Å². The van der Waals surface area contributed by atoms with Crippen molar-refractivity contribution in [3.63, 3.8) is 0 Å². The van der Waals surface area contributed by atoms with Crippen molar-refractivity contribution in [1.29, 1.82) is 0 Å². The summed E-state index contributed by atoms with van der Waals surface area (Å²) < 4.78 is 0. The van der Waals surface area contributed by atoms with E-state index in [9.17, 15) is 19.8 Å². The Labute approximate surface area is 155 Å². The molecule has 1 aliphatic rings. The average molecular weight is 365 g/mol. The maximum atomic E-state index is 12.6. The number of nitrogens with one attached hydrogen (secondary N) is 2. The highest BCUT2D eigenvalue weighted by Crippen LogP contribution is 2.34. The van der Waals surface area contributed by atoms with Gasteiger partial charge in [0.05, 0.1) is 12.1 Å². The number of aromatic amines is 1. The third kappa shape index (κ3) is 3.06. The molecular weight excluding hydrogens is 346 g/mol. The first-order valence-electron chi connectivity index (χ1n) is 8.78. The number of carboxylic acid groups (broad SMARTS) is 1. The van der Waals surface area contributed by atoms with E-state index in [0.29, 0.717) is 22.9 Å². The van der Waals surface area contributed by atoms with E-state index >= 15 is 0 Å². The highest BCUT2D eigenvalue weighted by molar-refractivity contribution is 6.04. The predicted octanol–water partition coefficient (Wildman–Crippen LogP) is 2.21. The standard InChI is InChI=1S/C20H19N3O4/c24-18(13-7-8-16-14(10-13)17(19(25)26)23-22-16)21-11-20(27)9-3-5-12-4-1-2-6-15(12)20/h1-2,4,6-8,10,27H,3,5,9,11H2,(H,21,24)(H,22,23)(H,25,26). The van der Waals surface area contributed by atoms with Gasteiger partial charge in [-0.25, -0.2) is 4.79 Å². The first kappa shape index (κ1) is 17.2. The number of H-pyrrole nitrogens is 1. The van der Waals surface area contributed by atoms with Gasteiger partial charge >= 0.3 is 5.97 Å². The van der Waals surface area contributed by atoms with Gasteiger partial charge in [-0.1, -0.05) is 24.3 Å². The molecule has 0 bridgehead atoms. The van der Waals surface area contributed by atoms with Crippen LogP contribution < -0.4 is 5.32 Å². The van der Waals surface area contributed by atoms with Crippen molar-refractivity contribution in [3.05, 3.63) is 64.8 Å². The molecule has 1 unspecified atom stereocenters. The number of hydrogen-bond acceptors (Lipinski definition) is 4. The lowest BCUT2D eigenvalue weighted by molar-refractivity contribution is 0.0189. The van der Waals surface area contributed by atoms with Gasteiger partial charge in [0.1, 0.15) is 5.60 Å². The van der Waals surface area contributed by atoms with Crippen molar-refractivity contribution in [3.8, 4) is 0 Å². The van der Waals surface area contributed by atoms with Crippen LogP contribution in [0.4, 0.5) is 0 Å². The lowest BCUT2D eigenvalue weighted by Crippen LogP contribution is -2.43. The Bertz CT molecular complexity index is 1040. The van der Waals surface area contributed by atoms with E-state index < -0.39 is 11.6 Å². The largest absolute Gasteiger partial charge is 0.476 e. The number of aryl methyl sites for hydroxylation is 1. The zero-order valence-electron chi connectivity index (χ0n) is 14.5. The van der Waals surface area contributed by atoms with E-state index in [-0.39, 0.29) is 18.1 Å². The number of carboxylic acids is 1. The van der Waals surface area contributed by atoms with Gasteiger partial charge in [0.25, 0.3) is 5.91 Å². The molecule has 1 heterocycles. The summed E-state index contributed by atoms with van der Waals surface area (Å²) in [4.78, 5) is 23.8. The summed E-state index contributed by atoms with van der Waals surface area (Å²) in [6.45, 7) is 0.0953. The Morgan fingerprint density at radius 2 is 2.04 bits per heavy atom. The minimum Gasteiger partial charge on any atom is -0.476 e. The SMILES string of the molecule is O=C(NCC1(O)CCCc2ccccc21)c1ccc2[nH]nc(C(=O)O)c2c1. The van der Waals surface area contributed by atoms with E-state index in [1.165, 1.54) is 6.07 Å². The second-order valence-corrected chi connectivity index (χ2v) is 6.86. The molecule has 4 N–H and O–H groups in total. The van der Waals surface area contributed by atoms with Crippen molar-refractivity contribution >= 4 is 22.8 Å². The summed E-state index contributed by atoms with van der Waals surface area (Å²) in [5.74, 6) is -1.53. The number of aromatic nitrogens is 2. The van der Waals surface area contributed by atoms with Crippen molar-refractivity contribution in [2.24, 2.45) is 0 Å². The Hall–Kier alpha value is -3.19. The highest BCUT2D eigenvalue weighted by atomic mass is 16.4. The van der Waals surface area contributed by atoms with Crippen LogP contribution in [0, 0.1) is 0 Å². The molecule has 0 aliphatic heterocycles. The highest BCUT2D eigenvalue weighted by Gasteiger charge is 2.34. The molecule has 1 aliphatic carbocycles. The van der Waals surface area contributed by atoms with E-state index in [1.807, 2.05) is 24.3 Å². The Morgan fingerprint density at radius 3 is 2.85 bits per heavy atom. The number of carbonyl (C=O) groups excluding carboxylic acids is 1. The zero-order chi connectivity index (χ0) is 19.0. The summed E-state index contributed by atoms with van der Waals surface area (Å²) in [7, 11) is 0. The Morgan fingerprint density at radius 1 is 1.22 bits per heavy atom. The second kappa shape index (κ2) is 6.51. The summed E-state index contributed by atoms with van der Waals surface area (Å²) in [5, 5.41) is 29.8. The minimum atomic E-state index is -1.16. The van der Waals surface area contributed by atoms with Crippen LogP contribution in [-0.4, -0.2) is 38.8 Å². The number of rotatable bonds is 4. The van der Waals surface area contributed by atoms with Crippen molar-refractivity contribution in [2.75, 3.05) is 6.54 Å². The summed E-state index contributed by atoms with van der Waals surface area (Å²) in [6, 6.07) is 12.4. The van der Waals surface area contributed by atoms with Crippen LogP contribution in [0.15, 0.2) is 42.5 Å². The molecule has 1 atom stereocenters. The maximum absolute atomic E-state index is 12.6. The summed E-state index contributed by atoms with van der Waals surface area (Å²) in [5.41, 5.74) is 1.60. The fraction of sp³-hybridized carbons (Fsp3) is 0.250. The van der Waals surface area contributed by atoms with Crippen LogP contribution in [-0.2, 0) is 12.0 Å². The molecule has 2 aromatic carbocycles. The quantitative estimate of drug-likeness (QED) is 0.566. The first-order chi connectivity index (χ1) is 13.0. The number of amides is 1. The van der Waals surface area contributed by atoms with E-state index in [2.05, 4.69) is 15.5 Å². The normalized spacial score (nSPS) is 18.9. The summed E-state index contributed by atoms with van der Waals surface area (Å²) in [6.07, 6.45) is 2.35. The smallest absolute Gasteiger partial charge is 0.357 e. The molecule has 3 aromatic rings. The van der Waals surface area contributed by atoms with Crippen LogP contribution in [0.3, 0.4) is 0 Å². The molecule has 0 fully saturated rings. The van der Waals surface area contributed by atoms with Crippen LogP contribution >= 0.6 is 0 Å². The molecule has 7 nitrogen and oxygen atoms in total. The van der Waals surface area contributed by atoms with Gasteiger partial charge in [0.2, 0.25) is 0 Å². The Balaban J connectivity index is 1.56. The molecule has 0 spiro atoms. The molecule has 27 heavy (non-hydrogen) atoms. The van der Waals surface area contributed by atoms with Crippen LogP contribution in [0.5, 0.6) is 0 Å². The molecule has 1 amide bonds. The number of fused-ring (bicyclic) bond motifs is 2. The third-order valence-corrected chi connectivity index (χ3v) is 5.12. The zero-order valence-corrected chi connectivity index (χ0v) is 14.5. The first-order valence-corrected chi connectivity index (χ1v) is 8.78.